The van der Waals surface area contributed by atoms with Gasteiger partial charge in [-0.25, -0.2) is 4.39 Å². The highest BCUT2D eigenvalue weighted by atomic mass is 35.5. The van der Waals surface area contributed by atoms with Crippen LogP contribution in [0.5, 0.6) is 0 Å². The second-order valence-corrected chi connectivity index (χ2v) is 4.35. The molecule has 78 valence electrons. The maximum absolute atomic E-state index is 13.0. The first-order valence-electron chi connectivity index (χ1n) is 4.06. The average molecular weight is 236 g/mol. The normalized spacial score (nSPS) is 12.9. The number of hydrogen-bond donors (Lipinski definition) is 2. The first-order chi connectivity index (χ1) is 6.52. The van der Waals surface area contributed by atoms with Crippen LogP contribution in [0.25, 0.3) is 0 Å². The number of anilines is 1. The molecular weight excluding hydrogens is 225 g/mol. The van der Waals surface area contributed by atoms with Crippen molar-refractivity contribution in [2.24, 2.45) is 0 Å². The van der Waals surface area contributed by atoms with E-state index in [-0.39, 0.29) is 5.02 Å². The molecule has 2 nitrogen and oxygen atoms in total. The highest BCUT2D eigenvalue weighted by Gasteiger charge is 2.11. The Bertz CT molecular complexity index is 333. The van der Waals surface area contributed by atoms with Crippen LogP contribution in [-0.4, -0.2) is 17.0 Å². The lowest BCUT2D eigenvalue weighted by Crippen LogP contribution is -2.03. The maximum Gasteiger partial charge on any atom is 0.143 e. The molecule has 0 bridgehead atoms. The van der Waals surface area contributed by atoms with E-state index in [1.54, 1.807) is 6.92 Å². The van der Waals surface area contributed by atoms with E-state index in [1.165, 1.54) is 23.9 Å². The van der Waals surface area contributed by atoms with Gasteiger partial charge in [-0.05, 0) is 19.1 Å². The van der Waals surface area contributed by atoms with E-state index in [1.807, 2.05) is 0 Å². The topological polar surface area (TPSA) is 46.2 Å². The molecular formula is C9H11ClFNOS. The van der Waals surface area contributed by atoms with Gasteiger partial charge in [-0.15, -0.1) is 11.8 Å². The Morgan fingerprint density at radius 2 is 2.29 bits per heavy atom. The third kappa shape index (κ3) is 2.77. The molecule has 0 aliphatic heterocycles. The van der Waals surface area contributed by atoms with Gasteiger partial charge in [0.25, 0.3) is 0 Å². The van der Waals surface area contributed by atoms with E-state index in [9.17, 15) is 4.39 Å². The molecule has 0 amide bonds. The number of nitrogens with two attached hydrogens (primary N) is 1. The smallest absolute Gasteiger partial charge is 0.143 e. The van der Waals surface area contributed by atoms with E-state index in [4.69, 9.17) is 22.4 Å². The second-order valence-electron chi connectivity index (χ2n) is 2.94. The minimum absolute atomic E-state index is 0.0238. The van der Waals surface area contributed by atoms with Gasteiger partial charge >= 0.3 is 0 Å². The van der Waals surface area contributed by atoms with Crippen LogP contribution < -0.4 is 5.73 Å². The van der Waals surface area contributed by atoms with Crippen LogP contribution in [0.3, 0.4) is 0 Å². The number of benzene rings is 1. The van der Waals surface area contributed by atoms with Crippen LogP contribution in [0.15, 0.2) is 17.0 Å². The molecule has 1 aromatic carbocycles. The molecule has 1 atom stereocenters. The number of aliphatic hydroxyl groups excluding tert-OH is 1. The fraction of sp³-hybridized carbons (Fsp3) is 0.333. The molecule has 0 spiro atoms. The van der Waals surface area contributed by atoms with Crippen molar-refractivity contribution in [2.75, 3.05) is 11.5 Å². The highest BCUT2D eigenvalue weighted by molar-refractivity contribution is 7.99. The van der Waals surface area contributed by atoms with Crippen molar-refractivity contribution < 1.29 is 9.50 Å². The molecule has 0 saturated carbocycles. The summed E-state index contributed by atoms with van der Waals surface area (Å²) in [6.07, 6.45) is -0.473. The first-order valence-corrected chi connectivity index (χ1v) is 5.43. The Balaban J connectivity index is 2.89. The molecule has 5 heteroatoms. The zero-order valence-electron chi connectivity index (χ0n) is 7.63. The molecule has 0 aliphatic rings. The lowest BCUT2D eigenvalue weighted by atomic mass is 10.3. The Hall–Kier alpha value is -0.450. The molecule has 3 N–H and O–H groups in total. The zero-order valence-corrected chi connectivity index (χ0v) is 9.20. The average Bonchev–Trinajstić information content (AvgIpc) is 2.11. The van der Waals surface area contributed by atoms with Gasteiger partial charge in [0.1, 0.15) is 5.82 Å². The van der Waals surface area contributed by atoms with Gasteiger partial charge < -0.3 is 10.8 Å². The minimum atomic E-state index is -0.492. The lowest BCUT2D eigenvalue weighted by Gasteiger charge is -2.09. The predicted octanol–water partition coefficient (Wildman–Crippen LogP) is 2.53. The van der Waals surface area contributed by atoms with Crippen molar-refractivity contribution in [3.63, 3.8) is 0 Å². The number of halogens is 2. The summed E-state index contributed by atoms with van der Waals surface area (Å²) in [5.41, 5.74) is 6.06. The van der Waals surface area contributed by atoms with Gasteiger partial charge in [0, 0.05) is 11.4 Å². The van der Waals surface area contributed by atoms with Gasteiger partial charge in [-0.2, -0.15) is 0 Å². The Kier molecular flexibility index (Phi) is 4.04. The SMILES string of the molecule is CC(O)CSc1c(N)ccc(F)c1Cl. The van der Waals surface area contributed by atoms with Gasteiger partial charge in [0.15, 0.2) is 0 Å². The maximum atomic E-state index is 13.0. The molecule has 0 aromatic heterocycles. The van der Waals surface area contributed by atoms with Gasteiger partial charge in [-0.3, -0.25) is 0 Å². The highest BCUT2D eigenvalue weighted by Crippen LogP contribution is 2.34. The summed E-state index contributed by atoms with van der Waals surface area (Å²) in [6.45, 7) is 1.65. The van der Waals surface area contributed by atoms with Crippen molar-refractivity contribution in [3.8, 4) is 0 Å². The number of nitrogen functional groups attached to an aromatic ring is 1. The Morgan fingerprint density at radius 3 is 2.86 bits per heavy atom. The van der Waals surface area contributed by atoms with Crippen LogP contribution in [0.2, 0.25) is 5.02 Å². The lowest BCUT2D eigenvalue weighted by molar-refractivity contribution is 0.220. The first kappa shape index (κ1) is 11.6. The van der Waals surface area contributed by atoms with Crippen LogP contribution in [-0.2, 0) is 0 Å². The van der Waals surface area contributed by atoms with Crippen LogP contribution >= 0.6 is 23.4 Å². The molecule has 0 aliphatic carbocycles. The van der Waals surface area contributed by atoms with Crippen molar-refractivity contribution in [3.05, 3.63) is 23.0 Å². The van der Waals surface area contributed by atoms with Gasteiger partial charge in [0.2, 0.25) is 0 Å². The largest absolute Gasteiger partial charge is 0.398 e. The number of hydrogen-bond acceptors (Lipinski definition) is 3. The molecule has 0 heterocycles. The second kappa shape index (κ2) is 4.87. The summed E-state index contributed by atoms with van der Waals surface area (Å²) in [6, 6.07) is 2.69. The third-order valence-electron chi connectivity index (χ3n) is 1.55. The molecule has 0 radical (unpaired) electrons. The predicted molar refractivity (Wildman–Crippen MR) is 58.2 cm³/mol. The molecule has 1 rings (SSSR count). The van der Waals surface area contributed by atoms with Crippen molar-refractivity contribution in [1.82, 2.24) is 0 Å². The van der Waals surface area contributed by atoms with E-state index in [2.05, 4.69) is 0 Å². The van der Waals surface area contributed by atoms with Crippen LogP contribution in [0, 0.1) is 5.82 Å². The number of rotatable bonds is 3. The summed E-state index contributed by atoms with van der Waals surface area (Å²) in [5.74, 6) is -0.0538. The minimum Gasteiger partial charge on any atom is -0.398 e. The quantitative estimate of drug-likeness (QED) is 0.625. The van der Waals surface area contributed by atoms with Crippen LogP contribution in [0.4, 0.5) is 10.1 Å². The molecule has 0 saturated heterocycles. The standard InChI is InChI=1S/C9H11ClFNOS/c1-5(13)4-14-9-7(12)3-2-6(11)8(9)10/h2-3,5,13H,4,12H2,1H3. The van der Waals surface area contributed by atoms with E-state index in [0.717, 1.165) is 0 Å². The van der Waals surface area contributed by atoms with Crippen molar-refractivity contribution >= 4 is 29.1 Å². The van der Waals surface area contributed by atoms with E-state index >= 15 is 0 Å². The monoisotopic (exact) mass is 235 g/mol. The van der Waals surface area contributed by atoms with E-state index < -0.39 is 11.9 Å². The molecule has 0 fully saturated rings. The third-order valence-corrected chi connectivity index (χ3v) is 3.41. The summed E-state index contributed by atoms with van der Waals surface area (Å²) < 4.78 is 13.0. The van der Waals surface area contributed by atoms with Crippen molar-refractivity contribution in [1.29, 1.82) is 0 Å². The molecule has 1 unspecified atom stereocenters. The number of thioether (sulfide) groups is 1. The number of aliphatic hydroxyl groups is 1. The Morgan fingerprint density at radius 1 is 1.64 bits per heavy atom. The van der Waals surface area contributed by atoms with E-state index in [0.29, 0.717) is 16.3 Å². The Labute approximate surface area is 91.3 Å². The molecule has 14 heavy (non-hydrogen) atoms. The summed E-state index contributed by atoms with van der Waals surface area (Å²) in [4.78, 5) is 0.493. The summed E-state index contributed by atoms with van der Waals surface area (Å²) >= 11 is 6.97. The van der Waals surface area contributed by atoms with Crippen LogP contribution in [0.1, 0.15) is 6.92 Å². The van der Waals surface area contributed by atoms with Gasteiger partial charge in [-0.1, -0.05) is 11.6 Å². The van der Waals surface area contributed by atoms with Crippen molar-refractivity contribution in [2.45, 2.75) is 17.9 Å². The molecule has 1 aromatic rings. The summed E-state index contributed by atoms with van der Waals surface area (Å²) in [7, 11) is 0. The zero-order chi connectivity index (χ0) is 10.7. The fourth-order valence-corrected chi connectivity index (χ4v) is 2.10. The fourth-order valence-electron chi connectivity index (χ4n) is 0.898. The van der Waals surface area contributed by atoms with Gasteiger partial charge in [0.05, 0.1) is 16.0 Å². The summed E-state index contributed by atoms with van der Waals surface area (Å²) in [5, 5.41) is 9.09.